The first-order chi connectivity index (χ1) is 19.3. The number of aromatic nitrogens is 3. The van der Waals surface area contributed by atoms with Crippen molar-refractivity contribution in [2.24, 2.45) is 5.73 Å². The molecule has 1 heterocycles. The van der Waals surface area contributed by atoms with E-state index in [4.69, 9.17) is 25.4 Å². The van der Waals surface area contributed by atoms with Crippen LogP contribution in [0.4, 0.5) is 5.69 Å². The standard InChI is InChI=1S/C29H35N7O4/c1-5-39-25-18-20(12-15-24(25)40-17-16-35(2)3)26(32-21-13-10-19(11-14-21)27(30)31)28-33-29(37)36(34-28)22-8-6-7-9-23(22)38-4/h6-15,18,26,32H,5,16-17H2,1-4H3,(H3,30,31)(H,33,34,37). The Morgan fingerprint density at radius 2 is 1.82 bits per heavy atom. The Hall–Kier alpha value is -4.77. The molecule has 0 saturated carbocycles. The van der Waals surface area contributed by atoms with Crippen LogP contribution in [-0.4, -0.2) is 66.5 Å². The number of methoxy groups -OCH3 is 1. The van der Waals surface area contributed by atoms with Gasteiger partial charge in [-0.2, -0.15) is 4.68 Å². The number of para-hydroxylation sites is 2. The Kier molecular flexibility index (Phi) is 9.07. The van der Waals surface area contributed by atoms with Crippen molar-refractivity contribution in [1.82, 2.24) is 19.7 Å². The number of hydrogen-bond acceptors (Lipinski definition) is 8. The van der Waals surface area contributed by atoms with Gasteiger partial charge < -0.3 is 30.2 Å². The maximum atomic E-state index is 13.1. The second-order valence-corrected chi connectivity index (χ2v) is 9.26. The van der Waals surface area contributed by atoms with Gasteiger partial charge in [0, 0.05) is 17.8 Å². The average molecular weight is 546 g/mol. The number of likely N-dealkylation sites (N-methyl/N-ethyl adjacent to an activating group) is 1. The highest BCUT2D eigenvalue weighted by molar-refractivity contribution is 5.95. The molecule has 0 saturated heterocycles. The molecular weight excluding hydrogens is 510 g/mol. The van der Waals surface area contributed by atoms with Crippen molar-refractivity contribution >= 4 is 11.5 Å². The first kappa shape index (κ1) is 28.2. The number of nitrogens with zero attached hydrogens (tertiary/aromatic N) is 3. The number of hydrogen-bond donors (Lipinski definition) is 4. The Bertz CT molecular complexity index is 1500. The summed E-state index contributed by atoms with van der Waals surface area (Å²) in [5, 5.41) is 15.8. The van der Waals surface area contributed by atoms with Crippen molar-refractivity contribution in [1.29, 1.82) is 5.41 Å². The third kappa shape index (κ3) is 6.62. The molecule has 1 aromatic heterocycles. The summed E-state index contributed by atoms with van der Waals surface area (Å²) in [4.78, 5) is 18.0. The van der Waals surface area contributed by atoms with E-state index in [0.717, 1.165) is 17.8 Å². The van der Waals surface area contributed by atoms with Crippen LogP contribution >= 0.6 is 0 Å². The molecule has 0 fully saturated rings. The summed E-state index contributed by atoms with van der Waals surface area (Å²) in [5.74, 6) is 2.10. The normalized spacial score (nSPS) is 11.7. The van der Waals surface area contributed by atoms with Gasteiger partial charge in [-0.25, -0.2) is 4.79 Å². The highest BCUT2D eigenvalue weighted by Crippen LogP contribution is 2.34. The average Bonchev–Trinajstić information content (AvgIpc) is 3.33. The van der Waals surface area contributed by atoms with Crippen LogP contribution in [0.5, 0.6) is 17.2 Å². The van der Waals surface area contributed by atoms with E-state index >= 15 is 0 Å². The SMILES string of the molecule is CCOc1cc(C(Nc2ccc(C(=N)N)cc2)c2nn(-c3ccccc3OC)c(=O)[nH]2)ccc1OCCN(C)C. The van der Waals surface area contributed by atoms with E-state index in [-0.39, 0.29) is 5.84 Å². The van der Waals surface area contributed by atoms with Gasteiger partial charge in [0.05, 0.1) is 13.7 Å². The smallest absolute Gasteiger partial charge is 0.348 e. The maximum Gasteiger partial charge on any atom is 0.348 e. The summed E-state index contributed by atoms with van der Waals surface area (Å²) in [6.45, 7) is 3.63. The molecule has 4 rings (SSSR count). The molecule has 0 aliphatic carbocycles. The van der Waals surface area contributed by atoms with Gasteiger partial charge in [-0.1, -0.05) is 18.2 Å². The molecule has 4 aromatic rings. The zero-order valence-electron chi connectivity index (χ0n) is 23.1. The van der Waals surface area contributed by atoms with Crippen LogP contribution in [-0.2, 0) is 0 Å². The summed E-state index contributed by atoms with van der Waals surface area (Å²) in [6.07, 6.45) is 0. The molecular formula is C29H35N7O4. The molecule has 210 valence electrons. The monoisotopic (exact) mass is 545 g/mol. The van der Waals surface area contributed by atoms with Crippen molar-refractivity contribution < 1.29 is 14.2 Å². The van der Waals surface area contributed by atoms with Gasteiger partial charge in [0.15, 0.2) is 17.3 Å². The number of nitrogens with one attached hydrogen (secondary N) is 3. The molecule has 0 aliphatic rings. The van der Waals surface area contributed by atoms with Crippen LogP contribution in [0, 0.1) is 5.41 Å². The van der Waals surface area contributed by atoms with Gasteiger partial charge in [-0.15, -0.1) is 5.10 Å². The first-order valence-corrected chi connectivity index (χ1v) is 12.9. The highest BCUT2D eigenvalue weighted by Gasteiger charge is 2.23. The van der Waals surface area contributed by atoms with Gasteiger partial charge in [0.25, 0.3) is 0 Å². The molecule has 11 nitrogen and oxygen atoms in total. The summed E-state index contributed by atoms with van der Waals surface area (Å²) >= 11 is 0. The largest absolute Gasteiger partial charge is 0.494 e. The lowest BCUT2D eigenvalue weighted by molar-refractivity contribution is 0.244. The topological polar surface area (TPSA) is 144 Å². The lowest BCUT2D eigenvalue weighted by atomic mass is 10.0. The number of ether oxygens (including phenoxy) is 3. The van der Waals surface area contributed by atoms with E-state index in [1.807, 2.05) is 68.4 Å². The highest BCUT2D eigenvalue weighted by atomic mass is 16.5. The Morgan fingerprint density at radius 1 is 1.07 bits per heavy atom. The summed E-state index contributed by atoms with van der Waals surface area (Å²) < 4.78 is 18.6. The van der Waals surface area contributed by atoms with Crippen LogP contribution in [0.2, 0.25) is 0 Å². The van der Waals surface area contributed by atoms with Crippen LogP contribution in [0.3, 0.4) is 0 Å². The number of aromatic amines is 1. The predicted octanol–water partition coefficient (Wildman–Crippen LogP) is 3.39. The fraction of sp³-hybridized carbons (Fsp3) is 0.276. The van der Waals surface area contributed by atoms with Gasteiger partial charge >= 0.3 is 5.69 Å². The summed E-state index contributed by atoms with van der Waals surface area (Å²) in [7, 11) is 5.52. The Labute approximate surface area is 233 Å². The number of nitrogen functional groups attached to an aromatic ring is 1. The Balaban J connectivity index is 1.76. The fourth-order valence-electron chi connectivity index (χ4n) is 4.09. The molecule has 0 bridgehead atoms. The van der Waals surface area contributed by atoms with Crippen molar-refractivity contribution in [3.63, 3.8) is 0 Å². The third-order valence-electron chi connectivity index (χ3n) is 6.13. The minimum atomic E-state index is -0.568. The van der Waals surface area contributed by atoms with Crippen molar-refractivity contribution in [2.45, 2.75) is 13.0 Å². The van der Waals surface area contributed by atoms with Gasteiger partial charge in [-0.05, 0) is 75.1 Å². The van der Waals surface area contributed by atoms with E-state index in [9.17, 15) is 4.79 Å². The van der Waals surface area contributed by atoms with Crippen LogP contribution < -0.4 is 31.0 Å². The van der Waals surface area contributed by atoms with Crippen molar-refractivity contribution in [2.75, 3.05) is 46.3 Å². The molecule has 0 radical (unpaired) electrons. The maximum absolute atomic E-state index is 13.1. The Morgan fingerprint density at radius 3 is 2.50 bits per heavy atom. The second kappa shape index (κ2) is 12.9. The molecule has 5 N–H and O–H groups in total. The minimum absolute atomic E-state index is 0.0193. The second-order valence-electron chi connectivity index (χ2n) is 9.26. The number of rotatable bonds is 13. The molecule has 11 heteroatoms. The van der Waals surface area contributed by atoms with E-state index < -0.39 is 11.7 Å². The van der Waals surface area contributed by atoms with Crippen molar-refractivity contribution in [3.8, 4) is 22.9 Å². The zero-order chi connectivity index (χ0) is 28.6. The predicted molar refractivity (Wildman–Crippen MR) is 155 cm³/mol. The number of amidine groups is 1. The van der Waals surface area contributed by atoms with E-state index in [0.29, 0.717) is 47.5 Å². The molecule has 3 aromatic carbocycles. The molecule has 0 spiro atoms. The van der Waals surface area contributed by atoms with E-state index in [1.165, 1.54) is 4.68 Å². The lowest BCUT2D eigenvalue weighted by Crippen LogP contribution is -2.20. The quantitative estimate of drug-likeness (QED) is 0.148. The van der Waals surface area contributed by atoms with Gasteiger partial charge in [0.2, 0.25) is 0 Å². The molecule has 0 amide bonds. The number of benzene rings is 3. The lowest BCUT2D eigenvalue weighted by Gasteiger charge is -2.21. The first-order valence-electron chi connectivity index (χ1n) is 12.9. The van der Waals surface area contributed by atoms with Crippen LogP contribution in [0.1, 0.15) is 29.9 Å². The minimum Gasteiger partial charge on any atom is -0.494 e. The summed E-state index contributed by atoms with van der Waals surface area (Å²) in [6, 6.07) is 19.4. The van der Waals surface area contributed by atoms with E-state index in [1.54, 1.807) is 31.4 Å². The van der Waals surface area contributed by atoms with E-state index in [2.05, 4.69) is 15.4 Å². The fourth-order valence-corrected chi connectivity index (χ4v) is 4.09. The van der Waals surface area contributed by atoms with Crippen molar-refractivity contribution in [3.05, 3.63) is 94.2 Å². The molecule has 1 unspecified atom stereocenters. The number of nitrogens with two attached hydrogens (primary N) is 1. The van der Waals surface area contributed by atoms with Gasteiger partial charge in [-0.3, -0.25) is 10.4 Å². The number of anilines is 1. The van der Waals surface area contributed by atoms with Crippen LogP contribution in [0.15, 0.2) is 71.5 Å². The molecule has 0 aliphatic heterocycles. The third-order valence-corrected chi connectivity index (χ3v) is 6.13. The molecule has 40 heavy (non-hydrogen) atoms. The summed E-state index contributed by atoms with van der Waals surface area (Å²) in [5.41, 5.74) is 7.87. The van der Waals surface area contributed by atoms with Gasteiger partial charge in [0.1, 0.15) is 29.9 Å². The van der Waals surface area contributed by atoms with Crippen LogP contribution in [0.25, 0.3) is 5.69 Å². The number of H-pyrrole nitrogens is 1. The zero-order valence-corrected chi connectivity index (χ0v) is 23.1. The molecule has 1 atom stereocenters.